The Bertz CT molecular complexity index is 827. The van der Waals surface area contributed by atoms with E-state index in [0.717, 1.165) is 38.5 Å². The van der Waals surface area contributed by atoms with Gasteiger partial charge in [0.1, 0.15) is 9.75 Å². The van der Waals surface area contributed by atoms with Gasteiger partial charge < -0.3 is 9.47 Å². The molecular weight excluding hydrogens is 625 g/mol. The molecule has 2 bridgehead atoms. The summed E-state index contributed by atoms with van der Waals surface area (Å²) in [5, 5.41) is 0.214. The van der Waals surface area contributed by atoms with Crippen molar-refractivity contribution >= 4 is 81.5 Å². The fourth-order valence-corrected chi connectivity index (χ4v) is 9.69. The summed E-state index contributed by atoms with van der Waals surface area (Å²) in [6.07, 6.45) is 13.3. The summed E-state index contributed by atoms with van der Waals surface area (Å²) in [6, 6.07) is 0. The zero-order valence-electron chi connectivity index (χ0n) is 23.0. The van der Waals surface area contributed by atoms with Gasteiger partial charge in [0, 0.05) is 0 Å². The van der Waals surface area contributed by atoms with Gasteiger partial charge in [-0.3, -0.25) is 9.59 Å². The first-order valence-electron chi connectivity index (χ1n) is 14.6. The standard InChI is InChI=1S/C29H42Cl6O4/c1-3-5-7-9-11-13-15-38-25(36)19-17-21-22(28(33)24(31)23(30)27(21,32)29(28,34)35)18-20(19)26(37)39-16-14-12-10-8-6-4-2/h19-22H,3-18H2,1-2H3. The smallest absolute Gasteiger partial charge is 0.309 e. The van der Waals surface area contributed by atoms with Crippen LogP contribution in [0, 0.1) is 23.7 Å². The van der Waals surface area contributed by atoms with Crippen LogP contribution in [-0.4, -0.2) is 39.2 Å². The highest BCUT2D eigenvalue weighted by molar-refractivity contribution is 6.65. The molecule has 0 spiro atoms. The predicted octanol–water partition coefficient (Wildman–Crippen LogP) is 9.90. The summed E-state index contributed by atoms with van der Waals surface area (Å²) in [6.45, 7) is 4.96. The molecule has 0 aromatic rings. The highest BCUT2D eigenvalue weighted by Gasteiger charge is 2.83. The molecule has 6 atom stereocenters. The first kappa shape index (κ1) is 33.9. The van der Waals surface area contributed by atoms with E-state index in [0.29, 0.717) is 13.2 Å². The molecule has 224 valence electrons. The Kier molecular flexibility index (Phi) is 12.8. The average molecular weight is 667 g/mol. The van der Waals surface area contributed by atoms with Crippen molar-refractivity contribution in [3.63, 3.8) is 0 Å². The van der Waals surface area contributed by atoms with Crippen molar-refractivity contribution in [1.29, 1.82) is 0 Å². The van der Waals surface area contributed by atoms with Crippen molar-refractivity contribution in [3.05, 3.63) is 10.1 Å². The number of unbranched alkanes of at least 4 members (excludes halogenated alkanes) is 10. The van der Waals surface area contributed by atoms with Gasteiger partial charge in [0.15, 0.2) is 4.33 Å². The second-order valence-corrected chi connectivity index (χ2v) is 14.7. The lowest BCUT2D eigenvalue weighted by atomic mass is 9.64. The second-order valence-electron chi connectivity index (χ2n) is 11.4. The van der Waals surface area contributed by atoms with Crippen LogP contribution in [0.2, 0.25) is 0 Å². The highest BCUT2D eigenvalue weighted by atomic mass is 35.5. The highest BCUT2D eigenvalue weighted by Crippen LogP contribution is 2.78. The summed E-state index contributed by atoms with van der Waals surface area (Å²) >= 11 is 40.8. The largest absolute Gasteiger partial charge is 0.465 e. The third-order valence-corrected chi connectivity index (χ3v) is 13.2. The molecule has 0 N–H and O–H groups in total. The summed E-state index contributed by atoms with van der Waals surface area (Å²) in [4.78, 5) is 23.8. The molecule has 6 unspecified atom stereocenters. The summed E-state index contributed by atoms with van der Waals surface area (Å²) in [7, 11) is 0. The van der Waals surface area contributed by atoms with E-state index in [1.807, 2.05) is 0 Å². The third kappa shape index (κ3) is 6.52. The van der Waals surface area contributed by atoms with E-state index in [1.165, 1.54) is 38.5 Å². The molecule has 2 fully saturated rings. The Morgan fingerprint density at radius 1 is 0.641 bits per heavy atom. The fraction of sp³-hybridized carbons (Fsp3) is 0.862. The van der Waals surface area contributed by atoms with E-state index in [1.54, 1.807) is 0 Å². The van der Waals surface area contributed by atoms with Gasteiger partial charge in [0.25, 0.3) is 0 Å². The number of alkyl halides is 4. The number of ether oxygens (including phenoxy) is 2. The predicted molar refractivity (Wildman–Crippen MR) is 162 cm³/mol. The lowest BCUT2D eigenvalue weighted by molar-refractivity contribution is -0.165. The minimum Gasteiger partial charge on any atom is -0.465 e. The molecule has 0 saturated heterocycles. The van der Waals surface area contributed by atoms with E-state index < -0.39 is 49.7 Å². The minimum absolute atomic E-state index is 0.107. The molecule has 0 radical (unpaired) electrons. The van der Waals surface area contributed by atoms with Crippen LogP contribution in [-0.2, 0) is 19.1 Å². The van der Waals surface area contributed by atoms with Gasteiger partial charge in [-0.1, -0.05) is 124 Å². The number of rotatable bonds is 16. The van der Waals surface area contributed by atoms with Crippen LogP contribution in [0.15, 0.2) is 10.1 Å². The van der Waals surface area contributed by atoms with Crippen molar-refractivity contribution in [2.75, 3.05) is 13.2 Å². The van der Waals surface area contributed by atoms with Gasteiger partial charge in [0.05, 0.1) is 35.1 Å². The molecule has 0 amide bonds. The van der Waals surface area contributed by atoms with Gasteiger partial charge in [-0.25, -0.2) is 0 Å². The molecule has 0 aliphatic heterocycles. The Hall–Kier alpha value is 0.420. The summed E-state index contributed by atoms with van der Waals surface area (Å²) in [5.41, 5.74) is 0. The molecule has 3 rings (SSSR count). The van der Waals surface area contributed by atoms with Crippen LogP contribution >= 0.6 is 69.6 Å². The third-order valence-electron chi connectivity index (χ3n) is 8.84. The van der Waals surface area contributed by atoms with Crippen molar-refractivity contribution in [1.82, 2.24) is 0 Å². The molecule has 0 aromatic carbocycles. The summed E-state index contributed by atoms with van der Waals surface area (Å²) in [5.74, 6) is -3.31. The van der Waals surface area contributed by atoms with Gasteiger partial charge >= 0.3 is 11.9 Å². The van der Waals surface area contributed by atoms with Crippen LogP contribution in [0.1, 0.15) is 104 Å². The van der Waals surface area contributed by atoms with Gasteiger partial charge in [-0.15, -0.1) is 23.2 Å². The Morgan fingerprint density at radius 2 is 0.974 bits per heavy atom. The molecule has 4 nitrogen and oxygen atoms in total. The van der Waals surface area contributed by atoms with Crippen LogP contribution in [0.3, 0.4) is 0 Å². The van der Waals surface area contributed by atoms with Crippen LogP contribution in [0.25, 0.3) is 0 Å². The number of carbonyl (C=O) groups is 2. The number of hydrogen-bond donors (Lipinski definition) is 0. The van der Waals surface area contributed by atoms with Crippen molar-refractivity contribution in [2.24, 2.45) is 23.7 Å². The van der Waals surface area contributed by atoms with E-state index in [2.05, 4.69) is 13.8 Å². The lowest BCUT2D eigenvalue weighted by Gasteiger charge is -2.44. The fourth-order valence-electron chi connectivity index (χ4n) is 6.58. The topological polar surface area (TPSA) is 52.6 Å². The quantitative estimate of drug-likeness (QED) is 0.0935. The number of esters is 2. The number of hydrogen-bond acceptors (Lipinski definition) is 4. The molecule has 39 heavy (non-hydrogen) atoms. The van der Waals surface area contributed by atoms with Crippen LogP contribution < -0.4 is 0 Å². The maximum Gasteiger partial charge on any atom is 0.309 e. The van der Waals surface area contributed by atoms with E-state index in [4.69, 9.17) is 79.1 Å². The Balaban J connectivity index is 1.70. The summed E-state index contributed by atoms with van der Waals surface area (Å²) < 4.78 is 9.64. The number of halogens is 6. The maximum atomic E-state index is 13.4. The van der Waals surface area contributed by atoms with Gasteiger partial charge in [-0.2, -0.15) is 0 Å². The minimum atomic E-state index is -1.71. The number of allylic oxidation sites excluding steroid dienone is 2. The molecule has 10 heteroatoms. The zero-order chi connectivity index (χ0) is 28.8. The van der Waals surface area contributed by atoms with E-state index in [9.17, 15) is 9.59 Å². The Labute approximate surface area is 264 Å². The Morgan fingerprint density at radius 3 is 1.33 bits per heavy atom. The van der Waals surface area contributed by atoms with Gasteiger partial charge in [-0.05, 0) is 37.5 Å². The molecule has 2 saturated carbocycles. The molecular formula is C29H42Cl6O4. The van der Waals surface area contributed by atoms with Gasteiger partial charge in [0.2, 0.25) is 0 Å². The SMILES string of the molecule is CCCCCCCCOC(=O)C1CC2C(CC1C(=O)OCCCCCCCC)C1(Cl)C(Cl)=C(Cl)C2(Cl)C1(Cl)Cl. The maximum absolute atomic E-state index is 13.4. The lowest BCUT2D eigenvalue weighted by Crippen LogP contribution is -2.48. The van der Waals surface area contributed by atoms with Crippen molar-refractivity contribution in [2.45, 2.75) is 118 Å². The monoisotopic (exact) mass is 664 g/mol. The normalized spacial score (nSPS) is 32.8. The average Bonchev–Trinajstić information content (AvgIpc) is 3.11. The van der Waals surface area contributed by atoms with E-state index >= 15 is 0 Å². The molecule has 3 aliphatic carbocycles. The van der Waals surface area contributed by atoms with E-state index in [-0.39, 0.29) is 22.9 Å². The molecule has 0 heterocycles. The molecule has 0 aromatic heterocycles. The van der Waals surface area contributed by atoms with Crippen LogP contribution in [0.5, 0.6) is 0 Å². The first-order valence-corrected chi connectivity index (χ1v) is 16.9. The number of carbonyl (C=O) groups excluding carboxylic acids is 2. The molecule has 3 aliphatic rings. The first-order chi connectivity index (χ1) is 18.5. The van der Waals surface area contributed by atoms with Crippen LogP contribution in [0.4, 0.5) is 0 Å². The zero-order valence-corrected chi connectivity index (χ0v) is 27.6. The van der Waals surface area contributed by atoms with Crippen molar-refractivity contribution in [3.8, 4) is 0 Å². The number of fused-ring (bicyclic) bond motifs is 5. The van der Waals surface area contributed by atoms with Crippen molar-refractivity contribution < 1.29 is 19.1 Å². The second kappa shape index (κ2) is 14.7.